The van der Waals surface area contributed by atoms with Gasteiger partial charge < -0.3 is 19.9 Å². The summed E-state index contributed by atoms with van der Waals surface area (Å²) in [6, 6.07) is 20.7. The van der Waals surface area contributed by atoms with Gasteiger partial charge in [-0.3, -0.25) is 0 Å². The lowest BCUT2D eigenvalue weighted by Crippen LogP contribution is -2.53. The molecule has 8 heteroatoms. The number of hydrogen-bond acceptors (Lipinski definition) is 3. The summed E-state index contributed by atoms with van der Waals surface area (Å²) >= 11 is 18.8. The fourth-order valence-corrected chi connectivity index (χ4v) is 4.62. The number of hydrogen-bond donors (Lipinski definition) is 1. The van der Waals surface area contributed by atoms with Crippen molar-refractivity contribution in [3.05, 3.63) is 92.9 Å². The molecule has 1 aliphatic heterocycles. The molecule has 0 radical (unpaired) electrons. The zero-order chi connectivity index (χ0) is 23.4. The molecule has 0 aromatic heterocycles. The zero-order valence-corrected chi connectivity index (χ0v) is 20.4. The van der Waals surface area contributed by atoms with Crippen molar-refractivity contribution >= 4 is 46.5 Å². The van der Waals surface area contributed by atoms with Gasteiger partial charge in [-0.15, -0.1) is 0 Å². The first-order chi connectivity index (χ1) is 15.9. The molecule has 0 bridgehead atoms. The zero-order valence-electron chi connectivity index (χ0n) is 18.1. The maximum absolute atomic E-state index is 13.0. The predicted molar refractivity (Wildman–Crippen MR) is 135 cm³/mol. The third-order valence-corrected chi connectivity index (χ3v) is 6.53. The maximum Gasteiger partial charge on any atom is 0.317 e. The lowest BCUT2D eigenvalue weighted by atomic mass is 10.0. The number of ether oxygens (including phenoxy) is 1. The van der Waals surface area contributed by atoms with Crippen molar-refractivity contribution in [3.8, 4) is 5.75 Å². The molecule has 3 aromatic carbocycles. The average molecular weight is 505 g/mol. The lowest BCUT2D eigenvalue weighted by molar-refractivity contribution is 0.184. The average Bonchev–Trinajstić information content (AvgIpc) is 2.83. The number of urea groups is 1. The monoisotopic (exact) mass is 503 g/mol. The molecule has 1 fully saturated rings. The molecule has 0 saturated carbocycles. The quantitative estimate of drug-likeness (QED) is 0.435. The van der Waals surface area contributed by atoms with Crippen LogP contribution in [0.2, 0.25) is 15.1 Å². The first-order valence-corrected chi connectivity index (χ1v) is 11.7. The minimum atomic E-state index is -0.105. The number of piperazine rings is 1. The second-order valence-electron chi connectivity index (χ2n) is 7.81. The summed E-state index contributed by atoms with van der Waals surface area (Å²) < 4.78 is 5.19. The number of carbonyl (C=O) groups excluding carboxylic acids is 1. The van der Waals surface area contributed by atoms with Crippen molar-refractivity contribution in [3.63, 3.8) is 0 Å². The van der Waals surface area contributed by atoms with Gasteiger partial charge in [0, 0.05) is 36.2 Å². The van der Waals surface area contributed by atoms with Gasteiger partial charge in [0.15, 0.2) is 0 Å². The largest absolute Gasteiger partial charge is 0.497 e. The highest BCUT2D eigenvalue weighted by Crippen LogP contribution is 2.36. The first-order valence-electron chi connectivity index (χ1n) is 10.6. The van der Waals surface area contributed by atoms with Crippen molar-refractivity contribution in [1.82, 2.24) is 10.2 Å². The van der Waals surface area contributed by atoms with Crippen molar-refractivity contribution in [1.29, 1.82) is 0 Å². The number of halogens is 3. The highest BCUT2D eigenvalue weighted by molar-refractivity contribution is 6.36. The summed E-state index contributed by atoms with van der Waals surface area (Å²) in [7, 11) is 1.63. The molecule has 2 amide bonds. The van der Waals surface area contributed by atoms with E-state index in [1.165, 1.54) is 0 Å². The Morgan fingerprint density at radius 2 is 1.67 bits per heavy atom. The molecule has 33 heavy (non-hydrogen) atoms. The van der Waals surface area contributed by atoms with E-state index in [4.69, 9.17) is 39.5 Å². The minimum absolute atomic E-state index is 0.0820. The molecule has 172 valence electrons. The maximum atomic E-state index is 13.0. The molecule has 4 rings (SSSR count). The van der Waals surface area contributed by atoms with E-state index in [1.54, 1.807) is 13.2 Å². The number of amides is 2. The van der Waals surface area contributed by atoms with Gasteiger partial charge in [0.1, 0.15) is 5.75 Å². The molecule has 0 spiro atoms. The van der Waals surface area contributed by atoms with Gasteiger partial charge in [0.25, 0.3) is 0 Å². The third-order valence-electron chi connectivity index (χ3n) is 5.74. The van der Waals surface area contributed by atoms with Gasteiger partial charge >= 0.3 is 6.03 Å². The van der Waals surface area contributed by atoms with E-state index in [1.807, 2.05) is 65.6 Å². The Balaban J connectivity index is 1.51. The Morgan fingerprint density at radius 1 is 0.970 bits per heavy atom. The Morgan fingerprint density at radius 3 is 2.33 bits per heavy atom. The van der Waals surface area contributed by atoms with Crippen LogP contribution in [-0.2, 0) is 6.54 Å². The van der Waals surface area contributed by atoms with Crippen LogP contribution in [0.15, 0.2) is 66.7 Å². The van der Waals surface area contributed by atoms with E-state index >= 15 is 0 Å². The molecule has 3 aromatic rings. The second kappa shape index (κ2) is 10.6. The van der Waals surface area contributed by atoms with Gasteiger partial charge in [0.05, 0.1) is 23.9 Å². The summed E-state index contributed by atoms with van der Waals surface area (Å²) in [5, 5.41) is 4.86. The number of rotatable bonds is 5. The molecule has 0 aliphatic carbocycles. The van der Waals surface area contributed by atoms with Crippen LogP contribution in [0.25, 0.3) is 0 Å². The second-order valence-corrected chi connectivity index (χ2v) is 9.09. The van der Waals surface area contributed by atoms with Gasteiger partial charge in [0.2, 0.25) is 0 Å². The van der Waals surface area contributed by atoms with E-state index in [9.17, 15) is 4.79 Å². The smallest absolute Gasteiger partial charge is 0.317 e. The van der Waals surface area contributed by atoms with Crippen LogP contribution in [0, 0.1) is 0 Å². The summed E-state index contributed by atoms with van der Waals surface area (Å²) in [5.41, 5.74) is 2.95. The van der Waals surface area contributed by atoms with Crippen LogP contribution in [-0.4, -0.2) is 37.7 Å². The third kappa shape index (κ3) is 5.67. The number of benzene rings is 3. The summed E-state index contributed by atoms with van der Waals surface area (Å²) in [5.74, 6) is 0.785. The summed E-state index contributed by atoms with van der Waals surface area (Å²) in [4.78, 5) is 17.0. The topological polar surface area (TPSA) is 44.8 Å². The van der Waals surface area contributed by atoms with Crippen molar-refractivity contribution in [2.24, 2.45) is 0 Å². The van der Waals surface area contributed by atoms with Gasteiger partial charge in [-0.1, -0.05) is 59.1 Å². The lowest BCUT2D eigenvalue weighted by Gasteiger charge is -2.43. The van der Waals surface area contributed by atoms with E-state index < -0.39 is 0 Å². The Bertz CT molecular complexity index is 1110. The van der Waals surface area contributed by atoms with E-state index in [2.05, 4.69) is 10.2 Å². The molecule has 1 heterocycles. The van der Waals surface area contributed by atoms with Crippen LogP contribution in [0.1, 0.15) is 17.2 Å². The highest BCUT2D eigenvalue weighted by atomic mass is 35.5. The molecule has 1 atom stereocenters. The van der Waals surface area contributed by atoms with Crippen molar-refractivity contribution in [2.45, 2.75) is 12.6 Å². The van der Waals surface area contributed by atoms with Gasteiger partial charge in [-0.25, -0.2) is 4.79 Å². The Kier molecular flexibility index (Phi) is 7.53. The fourth-order valence-electron chi connectivity index (χ4n) is 3.97. The van der Waals surface area contributed by atoms with Crippen molar-refractivity contribution in [2.75, 3.05) is 31.6 Å². The number of nitrogens with one attached hydrogen (secondary N) is 1. The van der Waals surface area contributed by atoms with Gasteiger partial charge in [-0.05, 0) is 53.6 Å². The van der Waals surface area contributed by atoms with Gasteiger partial charge in [-0.2, -0.15) is 0 Å². The number of nitrogens with zero attached hydrogens (tertiary/aromatic N) is 2. The van der Waals surface area contributed by atoms with Crippen LogP contribution >= 0.6 is 34.8 Å². The molecule has 1 saturated heterocycles. The highest BCUT2D eigenvalue weighted by Gasteiger charge is 2.31. The molecule has 1 aliphatic rings. The molecular weight excluding hydrogens is 481 g/mol. The Labute approximate surface area is 208 Å². The Hall–Kier alpha value is -2.60. The van der Waals surface area contributed by atoms with Crippen LogP contribution in [0.5, 0.6) is 5.75 Å². The van der Waals surface area contributed by atoms with Crippen molar-refractivity contribution < 1.29 is 9.53 Å². The summed E-state index contributed by atoms with van der Waals surface area (Å²) in [6.07, 6.45) is 0. The predicted octanol–water partition coefficient (Wildman–Crippen LogP) is 6.43. The minimum Gasteiger partial charge on any atom is -0.497 e. The number of anilines is 1. The normalized spacial score (nSPS) is 15.9. The number of methoxy groups -OCH3 is 1. The van der Waals surface area contributed by atoms with E-state index in [-0.39, 0.29) is 12.1 Å². The SMILES string of the molecule is COc1ccc(CNC(=O)N2CCN(c3ccc(Cl)cc3Cl)C(c3ccc(Cl)cc3)C2)cc1. The van der Waals surface area contributed by atoms with Crippen LogP contribution in [0.4, 0.5) is 10.5 Å². The van der Waals surface area contributed by atoms with Crippen LogP contribution in [0.3, 0.4) is 0 Å². The van der Waals surface area contributed by atoms with E-state index in [0.29, 0.717) is 41.2 Å². The fraction of sp³-hybridized carbons (Fsp3) is 0.240. The molecule has 1 N–H and O–H groups in total. The van der Waals surface area contributed by atoms with Crippen LogP contribution < -0.4 is 15.0 Å². The first kappa shape index (κ1) is 23.6. The summed E-state index contributed by atoms with van der Waals surface area (Å²) in [6.45, 7) is 2.15. The molecule has 5 nitrogen and oxygen atoms in total. The molecular formula is C25H24Cl3N3O2. The van der Waals surface area contributed by atoms with E-state index in [0.717, 1.165) is 22.6 Å². The molecule has 1 unspecified atom stereocenters. The standard InChI is InChI=1S/C25H24Cl3N3O2/c1-33-21-9-2-17(3-10-21)15-29-25(32)30-12-13-31(23-11-8-20(27)14-22(23)28)24(16-30)18-4-6-19(26)7-5-18/h2-11,14,24H,12-13,15-16H2,1H3,(H,29,32). The number of carbonyl (C=O) groups is 1.